The molecule has 2 aromatic heterocycles. The molecule has 23 heavy (non-hydrogen) atoms. The molecular formula is C19H15N3O. The maximum atomic E-state index is 12.8. The van der Waals surface area contributed by atoms with Gasteiger partial charge in [-0.05, 0) is 30.2 Å². The van der Waals surface area contributed by atoms with Gasteiger partial charge in [0, 0.05) is 41.8 Å². The summed E-state index contributed by atoms with van der Waals surface area (Å²) in [5.74, 6) is 0.0389. The Balaban J connectivity index is 1.71. The summed E-state index contributed by atoms with van der Waals surface area (Å²) in [7, 11) is 0. The van der Waals surface area contributed by atoms with Crippen molar-refractivity contribution in [1.29, 1.82) is 0 Å². The number of nitrogens with zero attached hydrogens (tertiary/aromatic N) is 3. The normalized spacial score (nSPS) is 13.7. The quantitative estimate of drug-likeness (QED) is 0.729. The third kappa shape index (κ3) is 2.48. The Labute approximate surface area is 134 Å². The van der Waals surface area contributed by atoms with E-state index in [1.165, 1.54) is 0 Å². The Morgan fingerprint density at radius 3 is 2.65 bits per heavy atom. The fraction of sp³-hybridized carbons (Fsp3) is 0.105. The van der Waals surface area contributed by atoms with Gasteiger partial charge in [0.2, 0.25) is 0 Å². The molecule has 4 nitrogen and oxygen atoms in total. The summed E-state index contributed by atoms with van der Waals surface area (Å²) in [5, 5.41) is 0. The highest BCUT2D eigenvalue weighted by atomic mass is 16.2. The van der Waals surface area contributed by atoms with E-state index in [9.17, 15) is 4.79 Å². The van der Waals surface area contributed by atoms with E-state index in [-0.39, 0.29) is 5.91 Å². The molecule has 0 fully saturated rings. The van der Waals surface area contributed by atoms with Crippen LogP contribution >= 0.6 is 0 Å². The van der Waals surface area contributed by atoms with Crippen molar-refractivity contribution >= 4 is 11.6 Å². The molecule has 0 spiro atoms. The summed E-state index contributed by atoms with van der Waals surface area (Å²) in [6.45, 7) is 0.675. The molecule has 4 rings (SSSR count). The van der Waals surface area contributed by atoms with Crippen LogP contribution in [0.25, 0.3) is 11.1 Å². The van der Waals surface area contributed by atoms with E-state index < -0.39 is 0 Å². The number of aromatic nitrogens is 2. The smallest absolute Gasteiger partial charge is 0.258 e. The topological polar surface area (TPSA) is 46.1 Å². The maximum Gasteiger partial charge on any atom is 0.258 e. The van der Waals surface area contributed by atoms with Crippen molar-refractivity contribution in [1.82, 2.24) is 9.97 Å². The molecule has 1 aromatic carbocycles. The fourth-order valence-electron chi connectivity index (χ4n) is 2.94. The molecule has 3 aromatic rings. The summed E-state index contributed by atoms with van der Waals surface area (Å²) in [4.78, 5) is 23.0. The van der Waals surface area contributed by atoms with Gasteiger partial charge in [0.05, 0.1) is 11.9 Å². The zero-order valence-electron chi connectivity index (χ0n) is 12.5. The van der Waals surface area contributed by atoms with E-state index >= 15 is 0 Å². The van der Waals surface area contributed by atoms with Gasteiger partial charge in [-0.15, -0.1) is 0 Å². The molecule has 0 atom stereocenters. The molecule has 0 unspecified atom stereocenters. The summed E-state index contributed by atoms with van der Waals surface area (Å²) >= 11 is 0. The minimum atomic E-state index is 0.0389. The number of rotatable bonds is 2. The van der Waals surface area contributed by atoms with E-state index in [0.29, 0.717) is 6.54 Å². The molecule has 0 saturated heterocycles. The molecule has 112 valence electrons. The highest BCUT2D eigenvalue weighted by Crippen LogP contribution is 2.27. The Morgan fingerprint density at radius 2 is 1.78 bits per heavy atom. The van der Waals surface area contributed by atoms with Crippen molar-refractivity contribution in [3.63, 3.8) is 0 Å². The number of amides is 1. The Bertz CT molecular complexity index is 861. The summed E-state index contributed by atoms with van der Waals surface area (Å²) in [6.07, 6.45) is 7.94. The molecular weight excluding hydrogens is 286 g/mol. The fourth-order valence-corrected chi connectivity index (χ4v) is 2.94. The van der Waals surface area contributed by atoms with Crippen molar-refractivity contribution in [2.75, 3.05) is 11.4 Å². The zero-order chi connectivity index (χ0) is 15.6. The average Bonchev–Trinajstić information content (AvgIpc) is 2.63. The molecule has 3 heterocycles. The van der Waals surface area contributed by atoms with E-state index in [4.69, 9.17) is 0 Å². The van der Waals surface area contributed by atoms with Gasteiger partial charge >= 0.3 is 0 Å². The lowest BCUT2D eigenvalue weighted by molar-refractivity contribution is 0.0980. The van der Waals surface area contributed by atoms with Crippen LogP contribution in [0.2, 0.25) is 0 Å². The first-order valence-corrected chi connectivity index (χ1v) is 7.58. The number of fused-ring (bicyclic) bond motifs is 1. The number of carbonyl (C=O) groups is 1. The van der Waals surface area contributed by atoms with Crippen LogP contribution in [0.3, 0.4) is 0 Å². The summed E-state index contributed by atoms with van der Waals surface area (Å²) in [6, 6.07) is 13.7. The second kappa shape index (κ2) is 5.65. The summed E-state index contributed by atoms with van der Waals surface area (Å²) in [5.41, 5.74) is 4.68. The molecule has 0 radical (unpaired) electrons. The van der Waals surface area contributed by atoms with Crippen molar-refractivity contribution in [2.24, 2.45) is 0 Å². The van der Waals surface area contributed by atoms with Gasteiger partial charge < -0.3 is 4.90 Å². The molecule has 0 bridgehead atoms. The highest BCUT2D eigenvalue weighted by Gasteiger charge is 2.25. The lowest BCUT2D eigenvalue weighted by Gasteiger charge is -2.28. The van der Waals surface area contributed by atoms with Crippen LogP contribution < -0.4 is 4.90 Å². The van der Waals surface area contributed by atoms with Gasteiger partial charge in [-0.2, -0.15) is 0 Å². The Morgan fingerprint density at radius 1 is 0.913 bits per heavy atom. The first-order valence-electron chi connectivity index (χ1n) is 7.58. The molecule has 0 saturated carbocycles. The minimum Gasteiger partial charge on any atom is -0.306 e. The molecule has 1 aliphatic rings. The number of benzene rings is 1. The second-order valence-corrected chi connectivity index (χ2v) is 5.54. The van der Waals surface area contributed by atoms with Gasteiger partial charge in [-0.3, -0.25) is 14.8 Å². The van der Waals surface area contributed by atoms with Crippen LogP contribution in [-0.4, -0.2) is 22.4 Å². The van der Waals surface area contributed by atoms with Crippen LogP contribution in [0.4, 0.5) is 5.69 Å². The highest BCUT2D eigenvalue weighted by molar-refractivity contribution is 6.08. The standard InChI is InChI=1S/C19H15N3O/c23-19-18-6-2-1-4-14(18)7-9-22(19)17-10-16(12-21-13-17)15-5-3-8-20-11-15/h1-6,8,10-13H,7,9H2. The van der Waals surface area contributed by atoms with E-state index in [0.717, 1.165) is 34.4 Å². The van der Waals surface area contributed by atoms with Crippen LogP contribution in [0.15, 0.2) is 67.3 Å². The number of hydrogen-bond acceptors (Lipinski definition) is 3. The third-order valence-corrected chi connectivity index (χ3v) is 4.13. The Hall–Kier alpha value is -3.01. The van der Waals surface area contributed by atoms with Gasteiger partial charge in [0.1, 0.15) is 0 Å². The van der Waals surface area contributed by atoms with Crippen molar-refractivity contribution in [3.05, 3.63) is 78.4 Å². The number of carbonyl (C=O) groups excluding carboxylic acids is 1. The zero-order valence-corrected chi connectivity index (χ0v) is 12.5. The minimum absolute atomic E-state index is 0.0389. The molecule has 1 amide bonds. The third-order valence-electron chi connectivity index (χ3n) is 4.13. The predicted octanol–water partition coefficient (Wildman–Crippen LogP) is 3.35. The lowest BCUT2D eigenvalue weighted by Crippen LogP contribution is -2.37. The average molecular weight is 301 g/mol. The molecule has 4 heteroatoms. The Kier molecular flexibility index (Phi) is 3.35. The van der Waals surface area contributed by atoms with Crippen LogP contribution in [-0.2, 0) is 6.42 Å². The van der Waals surface area contributed by atoms with Crippen LogP contribution in [0.1, 0.15) is 15.9 Å². The van der Waals surface area contributed by atoms with Crippen molar-refractivity contribution in [3.8, 4) is 11.1 Å². The van der Waals surface area contributed by atoms with Crippen LogP contribution in [0, 0.1) is 0 Å². The number of anilines is 1. The first kappa shape index (κ1) is 13.6. The lowest BCUT2D eigenvalue weighted by atomic mass is 9.98. The van der Waals surface area contributed by atoms with E-state index in [1.54, 1.807) is 29.7 Å². The van der Waals surface area contributed by atoms with E-state index in [1.807, 2.05) is 42.5 Å². The van der Waals surface area contributed by atoms with Gasteiger partial charge in [-0.1, -0.05) is 24.3 Å². The second-order valence-electron chi connectivity index (χ2n) is 5.54. The van der Waals surface area contributed by atoms with Gasteiger partial charge in [0.15, 0.2) is 0 Å². The molecule has 0 aliphatic carbocycles. The largest absolute Gasteiger partial charge is 0.306 e. The SMILES string of the molecule is O=C1c2ccccc2CCN1c1cncc(-c2cccnc2)c1. The first-order chi connectivity index (χ1) is 11.3. The molecule has 1 aliphatic heterocycles. The number of hydrogen-bond donors (Lipinski definition) is 0. The summed E-state index contributed by atoms with van der Waals surface area (Å²) < 4.78 is 0. The predicted molar refractivity (Wildman–Crippen MR) is 89.3 cm³/mol. The maximum absolute atomic E-state index is 12.8. The number of pyridine rings is 2. The van der Waals surface area contributed by atoms with Crippen molar-refractivity contribution in [2.45, 2.75) is 6.42 Å². The van der Waals surface area contributed by atoms with Crippen LogP contribution in [0.5, 0.6) is 0 Å². The monoisotopic (exact) mass is 301 g/mol. The van der Waals surface area contributed by atoms with Crippen molar-refractivity contribution < 1.29 is 4.79 Å². The van der Waals surface area contributed by atoms with Gasteiger partial charge in [0.25, 0.3) is 5.91 Å². The van der Waals surface area contributed by atoms with Gasteiger partial charge in [-0.25, -0.2) is 0 Å². The molecule has 0 N–H and O–H groups in total. The van der Waals surface area contributed by atoms with E-state index in [2.05, 4.69) is 9.97 Å².